The van der Waals surface area contributed by atoms with E-state index in [2.05, 4.69) is 5.32 Å². The van der Waals surface area contributed by atoms with Gasteiger partial charge in [-0.2, -0.15) is 5.26 Å². The van der Waals surface area contributed by atoms with Crippen molar-refractivity contribution in [2.75, 3.05) is 5.32 Å². The molecule has 0 saturated carbocycles. The first-order valence-corrected chi connectivity index (χ1v) is 7.15. The number of nitrogens with zero attached hydrogens (tertiary/aromatic N) is 1. The number of halogens is 1. The van der Waals surface area contributed by atoms with E-state index in [1.54, 1.807) is 11.4 Å². The summed E-state index contributed by atoms with van der Waals surface area (Å²) in [7, 11) is 0. The number of ether oxygens (including phenoxy) is 1. The number of nitriles is 1. The van der Waals surface area contributed by atoms with Crippen LogP contribution in [0.15, 0.2) is 35.7 Å². The molecule has 0 aliphatic heterocycles. The molecular formula is C15H11FN2O3S. The molecule has 1 N–H and O–H groups in total. The van der Waals surface area contributed by atoms with Crippen molar-refractivity contribution in [1.82, 2.24) is 0 Å². The van der Waals surface area contributed by atoms with Crippen LogP contribution in [0.4, 0.5) is 9.39 Å². The second-order valence-electron chi connectivity index (χ2n) is 4.29. The van der Waals surface area contributed by atoms with Gasteiger partial charge in [-0.1, -0.05) is 12.1 Å². The Labute approximate surface area is 129 Å². The summed E-state index contributed by atoms with van der Waals surface area (Å²) >= 11 is 1.18. The zero-order chi connectivity index (χ0) is 16.1. The normalized spacial score (nSPS) is 11.3. The van der Waals surface area contributed by atoms with Gasteiger partial charge < -0.3 is 10.1 Å². The first kappa shape index (κ1) is 15.7. The van der Waals surface area contributed by atoms with E-state index >= 15 is 0 Å². The molecule has 1 atom stereocenters. The minimum Gasteiger partial charge on any atom is -0.449 e. The summed E-state index contributed by atoms with van der Waals surface area (Å²) in [5.74, 6) is -2.23. The average Bonchev–Trinajstić information content (AvgIpc) is 2.94. The van der Waals surface area contributed by atoms with E-state index in [0.717, 1.165) is 6.07 Å². The fraction of sp³-hybridized carbons (Fsp3) is 0.133. The van der Waals surface area contributed by atoms with Crippen LogP contribution in [0, 0.1) is 17.1 Å². The van der Waals surface area contributed by atoms with Crippen molar-refractivity contribution in [1.29, 1.82) is 5.26 Å². The maximum Gasteiger partial charge on any atom is 0.341 e. The Kier molecular flexibility index (Phi) is 4.86. The molecule has 7 heteroatoms. The van der Waals surface area contributed by atoms with Crippen molar-refractivity contribution in [3.8, 4) is 6.07 Å². The monoisotopic (exact) mass is 318 g/mol. The fourth-order valence-electron chi connectivity index (χ4n) is 1.61. The summed E-state index contributed by atoms with van der Waals surface area (Å²) in [5, 5.41) is 13.4. The Balaban J connectivity index is 2.02. The molecule has 0 unspecified atom stereocenters. The van der Waals surface area contributed by atoms with Gasteiger partial charge in [-0.25, -0.2) is 9.18 Å². The van der Waals surface area contributed by atoms with Crippen LogP contribution in [0.1, 0.15) is 22.8 Å². The molecule has 0 saturated heterocycles. The van der Waals surface area contributed by atoms with Crippen LogP contribution in [0.2, 0.25) is 0 Å². The molecule has 0 aliphatic rings. The predicted octanol–water partition coefficient (Wildman–Crippen LogP) is 2.94. The lowest BCUT2D eigenvalue weighted by Gasteiger charge is -2.13. The Bertz CT molecular complexity index is 751. The topological polar surface area (TPSA) is 79.2 Å². The average molecular weight is 318 g/mol. The SMILES string of the molecule is C[C@H](OC(=O)c1ccccc1F)C(=O)Nc1sccc1C#N. The van der Waals surface area contributed by atoms with Gasteiger partial charge in [0.15, 0.2) is 6.10 Å². The summed E-state index contributed by atoms with van der Waals surface area (Å²) in [5.41, 5.74) is 0.0852. The second-order valence-corrected chi connectivity index (χ2v) is 5.21. The first-order valence-electron chi connectivity index (χ1n) is 6.27. The van der Waals surface area contributed by atoms with E-state index in [9.17, 15) is 14.0 Å². The molecule has 1 aromatic carbocycles. The van der Waals surface area contributed by atoms with Crippen molar-refractivity contribution >= 4 is 28.2 Å². The molecule has 0 radical (unpaired) electrons. The molecule has 0 bridgehead atoms. The van der Waals surface area contributed by atoms with E-state index in [1.165, 1.54) is 36.5 Å². The zero-order valence-corrected chi connectivity index (χ0v) is 12.3. The lowest BCUT2D eigenvalue weighted by molar-refractivity contribution is -0.123. The molecule has 0 spiro atoms. The van der Waals surface area contributed by atoms with Gasteiger partial charge in [-0.3, -0.25) is 4.79 Å². The van der Waals surface area contributed by atoms with E-state index in [1.807, 2.05) is 6.07 Å². The number of amides is 1. The van der Waals surface area contributed by atoms with Gasteiger partial charge in [0.25, 0.3) is 5.91 Å². The maximum atomic E-state index is 13.5. The van der Waals surface area contributed by atoms with Crippen LogP contribution in [0.25, 0.3) is 0 Å². The number of thiophene rings is 1. The molecule has 1 aromatic heterocycles. The van der Waals surface area contributed by atoms with Crippen LogP contribution in [0.5, 0.6) is 0 Å². The molecule has 2 rings (SSSR count). The molecule has 0 fully saturated rings. The Morgan fingerprint density at radius 1 is 1.36 bits per heavy atom. The van der Waals surface area contributed by atoms with Crippen LogP contribution in [0.3, 0.4) is 0 Å². The van der Waals surface area contributed by atoms with E-state index in [4.69, 9.17) is 10.00 Å². The summed E-state index contributed by atoms with van der Waals surface area (Å²) in [6, 6.07) is 8.84. The van der Waals surface area contributed by atoms with Gasteiger partial charge in [0.05, 0.1) is 11.1 Å². The molecule has 22 heavy (non-hydrogen) atoms. The second kappa shape index (κ2) is 6.83. The van der Waals surface area contributed by atoms with Gasteiger partial charge >= 0.3 is 5.97 Å². The zero-order valence-electron chi connectivity index (χ0n) is 11.5. The highest BCUT2D eigenvalue weighted by atomic mass is 32.1. The number of carbonyl (C=O) groups is 2. The largest absolute Gasteiger partial charge is 0.449 e. The number of esters is 1. The highest BCUT2D eigenvalue weighted by Gasteiger charge is 2.21. The number of hydrogen-bond donors (Lipinski definition) is 1. The van der Waals surface area contributed by atoms with Crippen molar-refractivity contribution in [2.24, 2.45) is 0 Å². The summed E-state index contributed by atoms with van der Waals surface area (Å²) in [4.78, 5) is 23.8. The molecule has 5 nitrogen and oxygen atoms in total. The molecule has 112 valence electrons. The summed E-state index contributed by atoms with van der Waals surface area (Å²) in [6.45, 7) is 1.37. The smallest absolute Gasteiger partial charge is 0.341 e. The van der Waals surface area contributed by atoms with Gasteiger partial charge in [-0.05, 0) is 30.5 Å². The minimum atomic E-state index is -1.12. The molecule has 2 aromatic rings. The van der Waals surface area contributed by atoms with E-state index in [-0.39, 0.29) is 5.56 Å². The number of anilines is 1. The van der Waals surface area contributed by atoms with Crippen LogP contribution in [-0.2, 0) is 9.53 Å². The Morgan fingerprint density at radius 2 is 2.09 bits per heavy atom. The third kappa shape index (κ3) is 3.48. The van der Waals surface area contributed by atoms with Crippen molar-refractivity contribution < 1.29 is 18.7 Å². The number of nitrogens with one attached hydrogen (secondary N) is 1. The number of carbonyl (C=O) groups excluding carboxylic acids is 2. The van der Waals surface area contributed by atoms with Crippen molar-refractivity contribution in [3.05, 3.63) is 52.7 Å². The van der Waals surface area contributed by atoms with Crippen molar-refractivity contribution in [3.63, 3.8) is 0 Å². The number of hydrogen-bond acceptors (Lipinski definition) is 5. The van der Waals surface area contributed by atoms with Crippen LogP contribution < -0.4 is 5.32 Å². The maximum absolute atomic E-state index is 13.5. The molecular weight excluding hydrogens is 307 g/mol. The van der Waals surface area contributed by atoms with Crippen molar-refractivity contribution in [2.45, 2.75) is 13.0 Å². The lowest BCUT2D eigenvalue weighted by atomic mass is 10.2. The Morgan fingerprint density at radius 3 is 2.77 bits per heavy atom. The summed E-state index contributed by atoms with van der Waals surface area (Å²) < 4.78 is 18.4. The number of benzene rings is 1. The standard InChI is InChI=1S/C15H11FN2O3S/c1-9(13(19)18-14-10(8-17)6-7-22-14)21-15(20)11-4-2-3-5-12(11)16/h2-7,9H,1H3,(H,18,19)/t9-/m0/s1. The van der Waals surface area contributed by atoms with Crippen LogP contribution in [-0.4, -0.2) is 18.0 Å². The summed E-state index contributed by atoms with van der Waals surface area (Å²) in [6.07, 6.45) is -1.12. The van der Waals surface area contributed by atoms with Gasteiger partial charge in [0, 0.05) is 0 Å². The molecule has 0 aliphatic carbocycles. The third-order valence-corrected chi connectivity index (χ3v) is 3.60. The lowest BCUT2D eigenvalue weighted by Crippen LogP contribution is -2.30. The van der Waals surface area contributed by atoms with Crippen LogP contribution >= 0.6 is 11.3 Å². The van der Waals surface area contributed by atoms with E-state index in [0.29, 0.717) is 10.6 Å². The quantitative estimate of drug-likeness (QED) is 0.879. The molecule has 1 heterocycles. The first-order chi connectivity index (χ1) is 10.5. The minimum absolute atomic E-state index is 0.240. The van der Waals surface area contributed by atoms with Gasteiger partial charge in [0.1, 0.15) is 16.9 Å². The van der Waals surface area contributed by atoms with Gasteiger partial charge in [-0.15, -0.1) is 11.3 Å². The predicted molar refractivity (Wildman–Crippen MR) is 78.9 cm³/mol. The highest BCUT2D eigenvalue weighted by Crippen LogP contribution is 2.22. The van der Waals surface area contributed by atoms with Gasteiger partial charge in [0.2, 0.25) is 0 Å². The number of rotatable bonds is 4. The molecule has 1 amide bonds. The third-order valence-electron chi connectivity index (χ3n) is 2.77. The Hall–Kier alpha value is -2.72. The fourth-order valence-corrected chi connectivity index (χ4v) is 2.35. The highest BCUT2D eigenvalue weighted by molar-refractivity contribution is 7.14. The van der Waals surface area contributed by atoms with E-state index < -0.39 is 23.8 Å².